The van der Waals surface area contributed by atoms with Crippen LogP contribution in [0.25, 0.3) is 0 Å². The molecule has 2 heterocycles. The molecular weight excluding hydrogens is 362 g/mol. The van der Waals surface area contributed by atoms with E-state index in [4.69, 9.17) is 0 Å². The molecule has 1 aliphatic rings. The van der Waals surface area contributed by atoms with Crippen molar-refractivity contribution in [3.05, 3.63) is 47.0 Å². The van der Waals surface area contributed by atoms with Gasteiger partial charge in [-0.05, 0) is 55.2 Å². The molecule has 1 unspecified atom stereocenters. The lowest BCUT2D eigenvalue weighted by Gasteiger charge is -2.25. The maximum Gasteiger partial charge on any atom is 0.182 e. The van der Waals surface area contributed by atoms with Gasteiger partial charge in [-0.15, -0.1) is 0 Å². The highest BCUT2D eigenvalue weighted by atomic mass is 16.3. The second-order valence-electron chi connectivity index (χ2n) is 9.26. The predicted octanol–water partition coefficient (Wildman–Crippen LogP) is 4.84. The minimum absolute atomic E-state index is 0.0907. The molecule has 1 aromatic heterocycles. The third-order valence-corrected chi connectivity index (χ3v) is 5.86. The molecule has 1 saturated heterocycles. The smallest absolute Gasteiger partial charge is 0.182 e. The molecule has 29 heavy (non-hydrogen) atoms. The van der Waals surface area contributed by atoms with Crippen LogP contribution in [0.1, 0.15) is 74.5 Å². The summed E-state index contributed by atoms with van der Waals surface area (Å²) in [5.74, 6) is 0.836. The Labute approximate surface area is 174 Å². The second-order valence-corrected chi connectivity index (χ2v) is 9.26. The molecule has 1 aromatic carbocycles. The molecule has 5 heteroatoms. The molecule has 0 saturated carbocycles. The van der Waals surface area contributed by atoms with Crippen molar-refractivity contribution in [1.82, 2.24) is 9.97 Å². The summed E-state index contributed by atoms with van der Waals surface area (Å²) in [6.45, 7) is 11.9. The molecule has 1 fully saturated rings. The van der Waals surface area contributed by atoms with Gasteiger partial charge in [-0.25, -0.2) is 9.97 Å². The van der Waals surface area contributed by atoms with E-state index < -0.39 is 0 Å². The molecule has 156 valence electrons. The van der Waals surface area contributed by atoms with Crippen molar-refractivity contribution in [2.24, 2.45) is 5.92 Å². The fourth-order valence-electron chi connectivity index (χ4n) is 4.02. The molecule has 0 aliphatic carbocycles. The molecule has 0 bridgehead atoms. The van der Waals surface area contributed by atoms with Gasteiger partial charge in [0.15, 0.2) is 17.2 Å². The van der Waals surface area contributed by atoms with Crippen molar-refractivity contribution < 1.29 is 9.90 Å². The van der Waals surface area contributed by atoms with Gasteiger partial charge >= 0.3 is 0 Å². The van der Waals surface area contributed by atoms with Gasteiger partial charge in [-0.2, -0.15) is 0 Å². The summed E-state index contributed by atoms with van der Waals surface area (Å²) in [7, 11) is 0. The van der Waals surface area contributed by atoms with Crippen molar-refractivity contribution in [2.45, 2.75) is 65.7 Å². The van der Waals surface area contributed by atoms with Crippen molar-refractivity contribution >= 4 is 11.5 Å². The number of carbonyl (C=O) groups is 1. The average molecular weight is 396 g/mol. The Balaban J connectivity index is 1.67. The summed E-state index contributed by atoms with van der Waals surface area (Å²) in [6, 6.07) is 8.97. The molecule has 5 nitrogen and oxygen atoms in total. The van der Waals surface area contributed by atoms with E-state index >= 15 is 0 Å². The Morgan fingerprint density at radius 2 is 1.83 bits per heavy atom. The number of nitrogens with zero attached hydrogens (tertiary/aromatic N) is 3. The van der Waals surface area contributed by atoms with E-state index in [-0.39, 0.29) is 22.6 Å². The first-order valence-electron chi connectivity index (χ1n) is 10.6. The molecular formula is C24H33N3O2. The largest absolute Gasteiger partial charge is 0.504 e. The number of hydrogen-bond acceptors (Lipinski definition) is 5. The fourth-order valence-corrected chi connectivity index (χ4v) is 4.02. The molecule has 2 aromatic rings. The standard InChI is InChI=1S/C24H33N3O2/c1-16-23(29)22(17(2)28)26-21(25-16)15-18-7-6-13-27(14-12-18)20-10-8-19(9-11-20)24(3,4)5/h8-11,18,29H,6-7,12-15H2,1-5H3. The van der Waals surface area contributed by atoms with Gasteiger partial charge in [0.2, 0.25) is 0 Å². The van der Waals surface area contributed by atoms with Crippen LogP contribution in [0.2, 0.25) is 0 Å². The van der Waals surface area contributed by atoms with Crippen LogP contribution in [-0.4, -0.2) is 33.9 Å². The second kappa shape index (κ2) is 8.52. The Bertz CT molecular complexity index is 869. The molecule has 0 spiro atoms. The van der Waals surface area contributed by atoms with E-state index in [9.17, 15) is 9.90 Å². The summed E-state index contributed by atoms with van der Waals surface area (Å²) in [5, 5.41) is 10.0. The van der Waals surface area contributed by atoms with E-state index in [0.29, 0.717) is 17.4 Å². The number of hydrogen-bond donors (Lipinski definition) is 1. The van der Waals surface area contributed by atoms with Gasteiger partial charge in [0.05, 0.1) is 5.69 Å². The predicted molar refractivity (Wildman–Crippen MR) is 117 cm³/mol. The first-order chi connectivity index (χ1) is 13.6. The number of carbonyl (C=O) groups excluding carboxylic acids is 1. The lowest BCUT2D eigenvalue weighted by atomic mass is 9.87. The third-order valence-electron chi connectivity index (χ3n) is 5.86. The van der Waals surface area contributed by atoms with Crippen LogP contribution in [0.3, 0.4) is 0 Å². The number of ketones is 1. The SMILES string of the molecule is CC(=O)c1nc(CC2CCCN(c3ccc(C(C)(C)C)cc3)CC2)nc(C)c1O. The highest BCUT2D eigenvalue weighted by molar-refractivity contribution is 5.94. The first kappa shape index (κ1) is 21.3. The van der Waals surface area contributed by atoms with Gasteiger partial charge in [0.1, 0.15) is 5.82 Å². The Morgan fingerprint density at radius 3 is 2.45 bits per heavy atom. The van der Waals surface area contributed by atoms with Crippen LogP contribution in [0.5, 0.6) is 5.75 Å². The van der Waals surface area contributed by atoms with Crippen molar-refractivity contribution in [3.63, 3.8) is 0 Å². The lowest BCUT2D eigenvalue weighted by Crippen LogP contribution is -2.24. The van der Waals surface area contributed by atoms with E-state index in [0.717, 1.165) is 38.8 Å². The summed E-state index contributed by atoms with van der Waals surface area (Å²) in [6.07, 6.45) is 4.06. The van der Waals surface area contributed by atoms with Crippen LogP contribution in [0.4, 0.5) is 5.69 Å². The van der Waals surface area contributed by atoms with Gasteiger partial charge in [-0.1, -0.05) is 32.9 Å². The summed E-state index contributed by atoms with van der Waals surface area (Å²) >= 11 is 0. The van der Waals surface area contributed by atoms with Crippen molar-refractivity contribution in [1.29, 1.82) is 0 Å². The number of anilines is 1. The van der Waals surface area contributed by atoms with Crippen LogP contribution in [0.15, 0.2) is 24.3 Å². The normalized spacial score (nSPS) is 17.8. The minimum Gasteiger partial charge on any atom is -0.504 e. The van der Waals surface area contributed by atoms with Crippen LogP contribution < -0.4 is 4.90 Å². The maximum absolute atomic E-state index is 11.7. The van der Waals surface area contributed by atoms with E-state index in [1.54, 1.807) is 6.92 Å². The maximum atomic E-state index is 11.7. The quantitative estimate of drug-likeness (QED) is 0.750. The molecule has 1 aliphatic heterocycles. The Kier molecular flexibility index (Phi) is 6.25. The highest BCUT2D eigenvalue weighted by Crippen LogP contribution is 2.28. The van der Waals surface area contributed by atoms with Crippen LogP contribution in [0, 0.1) is 12.8 Å². The number of aryl methyl sites for hydroxylation is 1. The summed E-state index contributed by atoms with van der Waals surface area (Å²) < 4.78 is 0. The Hall–Kier alpha value is -2.43. The van der Waals surface area contributed by atoms with Crippen molar-refractivity contribution in [2.75, 3.05) is 18.0 Å². The summed E-state index contributed by atoms with van der Waals surface area (Å²) in [5.41, 5.74) is 3.43. The van der Waals surface area contributed by atoms with E-state index in [1.165, 1.54) is 18.2 Å². The van der Waals surface area contributed by atoms with Gasteiger partial charge in [0, 0.05) is 32.1 Å². The third kappa shape index (κ3) is 5.14. The zero-order chi connectivity index (χ0) is 21.2. The molecule has 0 amide bonds. The van der Waals surface area contributed by atoms with E-state index in [1.807, 2.05) is 0 Å². The number of aromatic nitrogens is 2. The van der Waals surface area contributed by atoms with Crippen LogP contribution in [-0.2, 0) is 11.8 Å². The number of Topliss-reactive ketones (excluding diaryl/α,β-unsaturated/α-hetero) is 1. The van der Waals surface area contributed by atoms with Crippen molar-refractivity contribution in [3.8, 4) is 5.75 Å². The number of aromatic hydroxyl groups is 1. The fraction of sp³-hybridized carbons (Fsp3) is 0.542. The molecule has 1 atom stereocenters. The van der Waals surface area contributed by atoms with Gasteiger partial charge in [0.25, 0.3) is 0 Å². The van der Waals surface area contributed by atoms with Gasteiger partial charge in [-0.3, -0.25) is 4.79 Å². The topological polar surface area (TPSA) is 66.3 Å². The monoisotopic (exact) mass is 395 g/mol. The van der Waals surface area contributed by atoms with Crippen LogP contribution >= 0.6 is 0 Å². The van der Waals surface area contributed by atoms with E-state index in [2.05, 4.69) is 59.9 Å². The molecule has 0 radical (unpaired) electrons. The minimum atomic E-state index is -0.222. The highest BCUT2D eigenvalue weighted by Gasteiger charge is 2.21. The summed E-state index contributed by atoms with van der Waals surface area (Å²) in [4.78, 5) is 23.0. The average Bonchev–Trinajstić information content (AvgIpc) is 2.89. The lowest BCUT2D eigenvalue weighted by molar-refractivity contribution is 0.100. The van der Waals surface area contributed by atoms with Gasteiger partial charge < -0.3 is 10.0 Å². The first-order valence-corrected chi connectivity index (χ1v) is 10.6. The molecule has 3 rings (SSSR count). The molecule has 1 N–H and O–H groups in total. The zero-order valence-corrected chi connectivity index (χ0v) is 18.3. The number of rotatable bonds is 4. The number of benzene rings is 1. The Morgan fingerprint density at radius 1 is 1.14 bits per heavy atom. The zero-order valence-electron chi connectivity index (χ0n) is 18.3.